The van der Waals surface area contributed by atoms with Crippen molar-refractivity contribution >= 4 is 28.3 Å². The lowest BCUT2D eigenvalue weighted by Crippen LogP contribution is -2.41. The molecule has 0 aliphatic carbocycles. The van der Waals surface area contributed by atoms with Gasteiger partial charge in [0.1, 0.15) is 5.75 Å². The lowest BCUT2D eigenvalue weighted by Gasteiger charge is -2.23. The van der Waals surface area contributed by atoms with Crippen LogP contribution in [-0.4, -0.2) is 48.3 Å². The molecule has 3 rings (SSSR count). The number of amides is 1. The molecule has 6 nitrogen and oxygen atoms in total. The maximum absolute atomic E-state index is 13.1. The predicted molar refractivity (Wildman–Crippen MR) is 111 cm³/mol. The Bertz CT molecular complexity index is 1010. The minimum atomic E-state index is -0.436. The molecular formula is C22H25N3O3. The molecule has 1 atom stereocenters. The number of ketones is 1. The molecule has 0 fully saturated rings. The Labute approximate surface area is 164 Å². The number of nitrogens with zero attached hydrogens (tertiary/aromatic N) is 1. The first-order valence-electron chi connectivity index (χ1n) is 9.16. The third-order valence-electron chi connectivity index (χ3n) is 4.93. The highest BCUT2D eigenvalue weighted by molar-refractivity contribution is 6.11. The number of benzene rings is 2. The summed E-state index contributed by atoms with van der Waals surface area (Å²) in [6, 6.07) is 14.5. The van der Waals surface area contributed by atoms with Gasteiger partial charge in [-0.1, -0.05) is 24.3 Å². The molecule has 0 aliphatic heterocycles. The highest BCUT2D eigenvalue weighted by atomic mass is 16.5. The first kappa shape index (κ1) is 19.6. The first-order valence-corrected chi connectivity index (χ1v) is 9.16. The van der Waals surface area contributed by atoms with Gasteiger partial charge in [0.25, 0.3) is 0 Å². The number of anilines is 1. The van der Waals surface area contributed by atoms with E-state index in [0.717, 1.165) is 16.6 Å². The van der Waals surface area contributed by atoms with Crippen molar-refractivity contribution in [3.8, 4) is 5.75 Å². The average molecular weight is 379 g/mol. The highest BCUT2D eigenvalue weighted by Crippen LogP contribution is 2.24. The van der Waals surface area contributed by atoms with E-state index in [1.807, 2.05) is 50.2 Å². The van der Waals surface area contributed by atoms with Crippen LogP contribution >= 0.6 is 0 Å². The molecular weight excluding hydrogens is 354 g/mol. The second-order valence-corrected chi connectivity index (χ2v) is 6.91. The van der Waals surface area contributed by atoms with Gasteiger partial charge >= 0.3 is 0 Å². The Morgan fingerprint density at radius 2 is 1.93 bits per heavy atom. The van der Waals surface area contributed by atoms with Crippen LogP contribution < -0.4 is 10.1 Å². The maximum Gasteiger partial charge on any atom is 0.238 e. The van der Waals surface area contributed by atoms with Gasteiger partial charge in [-0.25, -0.2) is 0 Å². The van der Waals surface area contributed by atoms with Crippen LogP contribution in [0.2, 0.25) is 0 Å². The zero-order chi connectivity index (χ0) is 20.3. The van der Waals surface area contributed by atoms with Crippen LogP contribution in [0.15, 0.2) is 48.5 Å². The molecule has 146 valence electrons. The molecule has 1 aromatic heterocycles. The summed E-state index contributed by atoms with van der Waals surface area (Å²) >= 11 is 0. The van der Waals surface area contributed by atoms with Crippen molar-refractivity contribution in [1.29, 1.82) is 0 Å². The van der Waals surface area contributed by atoms with Crippen molar-refractivity contribution in [1.82, 2.24) is 9.88 Å². The Morgan fingerprint density at radius 1 is 1.18 bits per heavy atom. The summed E-state index contributed by atoms with van der Waals surface area (Å²) in [6.07, 6.45) is 0. The number of aryl methyl sites for hydroxylation is 1. The fraction of sp³-hybridized carbons (Fsp3) is 0.273. The van der Waals surface area contributed by atoms with Crippen LogP contribution in [0.4, 0.5) is 5.69 Å². The normalized spacial score (nSPS) is 12.2. The Kier molecular flexibility index (Phi) is 5.80. The second kappa shape index (κ2) is 8.27. The van der Waals surface area contributed by atoms with E-state index < -0.39 is 6.04 Å². The fourth-order valence-corrected chi connectivity index (χ4v) is 3.27. The lowest BCUT2D eigenvalue weighted by atomic mass is 10.0. The van der Waals surface area contributed by atoms with Crippen LogP contribution in [0, 0.1) is 6.92 Å². The van der Waals surface area contributed by atoms with Crippen molar-refractivity contribution in [3.05, 3.63) is 59.8 Å². The summed E-state index contributed by atoms with van der Waals surface area (Å²) in [5.74, 6) is 0.474. The molecule has 0 bridgehead atoms. The number of fused-ring (bicyclic) bond motifs is 1. The second-order valence-electron chi connectivity index (χ2n) is 6.91. The number of aromatic amines is 1. The molecule has 0 aliphatic rings. The number of carbonyl (C=O) groups excluding carboxylic acids is 2. The van der Waals surface area contributed by atoms with Gasteiger partial charge in [-0.2, -0.15) is 0 Å². The van der Waals surface area contributed by atoms with Gasteiger partial charge in [-0.15, -0.1) is 0 Å². The number of hydrogen-bond donors (Lipinski definition) is 2. The molecule has 2 aromatic carbocycles. The van der Waals surface area contributed by atoms with Gasteiger partial charge in [0, 0.05) is 33.9 Å². The number of likely N-dealkylation sites (N-methyl/N-ethyl adjacent to an activating group) is 1. The number of H-pyrrole nitrogens is 1. The number of Topliss-reactive ketones (excluding diaryl/α,β-unsaturated/α-hetero) is 1. The van der Waals surface area contributed by atoms with Crippen molar-refractivity contribution in [2.75, 3.05) is 26.0 Å². The fourth-order valence-electron chi connectivity index (χ4n) is 3.27. The summed E-state index contributed by atoms with van der Waals surface area (Å²) in [5, 5.41) is 3.75. The number of methoxy groups -OCH3 is 1. The molecule has 3 aromatic rings. The van der Waals surface area contributed by atoms with Gasteiger partial charge in [0.2, 0.25) is 5.91 Å². The third kappa shape index (κ3) is 4.07. The highest BCUT2D eigenvalue weighted by Gasteiger charge is 2.25. The van der Waals surface area contributed by atoms with Gasteiger partial charge in [-0.3, -0.25) is 14.5 Å². The molecule has 28 heavy (non-hydrogen) atoms. The van der Waals surface area contributed by atoms with Gasteiger partial charge < -0.3 is 15.0 Å². The van der Waals surface area contributed by atoms with Crippen molar-refractivity contribution in [3.63, 3.8) is 0 Å². The molecule has 0 radical (unpaired) electrons. The number of nitrogens with one attached hydrogen (secondary N) is 2. The Morgan fingerprint density at radius 3 is 2.68 bits per heavy atom. The summed E-state index contributed by atoms with van der Waals surface area (Å²) < 4.78 is 5.17. The zero-order valence-electron chi connectivity index (χ0n) is 16.6. The van der Waals surface area contributed by atoms with Gasteiger partial charge in [0.15, 0.2) is 5.78 Å². The Hall–Kier alpha value is -3.12. The number of carbonyl (C=O) groups is 2. The first-order chi connectivity index (χ1) is 13.4. The quantitative estimate of drug-likeness (QED) is 0.615. The van der Waals surface area contributed by atoms with Crippen LogP contribution in [0.1, 0.15) is 23.0 Å². The third-order valence-corrected chi connectivity index (χ3v) is 4.93. The summed E-state index contributed by atoms with van der Waals surface area (Å²) in [6.45, 7) is 3.82. The van der Waals surface area contributed by atoms with Crippen LogP contribution in [0.3, 0.4) is 0 Å². The largest absolute Gasteiger partial charge is 0.497 e. The zero-order valence-corrected chi connectivity index (χ0v) is 16.6. The lowest BCUT2D eigenvalue weighted by molar-refractivity contribution is -0.117. The molecule has 1 unspecified atom stereocenters. The molecule has 1 amide bonds. The summed E-state index contributed by atoms with van der Waals surface area (Å²) in [5.41, 5.74) is 3.12. The topological polar surface area (TPSA) is 74.4 Å². The van der Waals surface area contributed by atoms with Crippen LogP contribution in [-0.2, 0) is 4.79 Å². The Balaban J connectivity index is 1.69. The van der Waals surface area contributed by atoms with E-state index in [-0.39, 0.29) is 18.2 Å². The number of hydrogen-bond acceptors (Lipinski definition) is 4. The maximum atomic E-state index is 13.1. The monoisotopic (exact) mass is 379 g/mol. The molecule has 2 N–H and O–H groups in total. The van der Waals surface area contributed by atoms with E-state index in [4.69, 9.17) is 4.74 Å². The van der Waals surface area contributed by atoms with Crippen LogP contribution in [0.5, 0.6) is 5.75 Å². The average Bonchev–Trinajstić information content (AvgIpc) is 3.02. The molecule has 1 heterocycles. The predicted octanol–water partition coefficient (Wildman–Crippen LogP) is 3.63. The van der Waals surface area contributed by atoms with E-state index in [0.29, 0.717) is 17.0 Å². The number of rotatable bonds is 7. The number of aromatic nitrogens is 1. The van der Waals surface area contributed by atoms with Crippen molar-refractivity contribution in [2.45, 2.75) is 19.9 Å². The van der Waals surface area contributed by atoms with Gasteiger partial charge in [0.05, 0.1) is 19.7 Å². The van der Waals surface area contributed by atoms with E-state index in [2.05, 4.69) is 10.3 Å². The summed E-state index contributed by atoms with van der Waals surface area (Å²) in [7, 11) is 3.35. The van der Waals surface area contributed by atoms with Crippen LogP contribution in [0.25, 0.3) is 10.9 Å². The van der Waals surface area contributed by atoms with E-state index >= 15 is 0 Å². The minimum absolute atomic E-state index is 0.00775. The smallest absolute Gasteiger partial charge is 0.238 e. The van der Waals surface area contributed by atoms with Crippen molar-refractivity contribution in [2.24, 2.45) is 0 Å². The van der Waals surface area contributed by atoms with E-state index in [1.54, 1.807) is 31.2 Å². The van der Waals surface area contributed by atoms with Crippen molar-refractivity contribution < 1.29 is 14.3 Å². The molecule has 0 saturated carbocycles. The minimum Gasteiger partial charge on any atom is -0.497 e. The molecule has 0 saturated heterocycles. The van der Waals surface area contributed by atoms with E-state index in [1.165, 1.54) is 0 Å². The molecule has 6 heteroatoms. The number of ether oxygens (including phenoxy) is 1. The van der Waals surface area contributed by atoms with E-state index in [9.17, 15) is 9.59 Å². The number of para-hydroxylation sites is 1. The SMILES string of the molecule is COc1cccc(NC(=O)CN(C)C(C)C(=O)c2c(C)[nH]c3ccccc23)c1. The standard InChI is InChI=1S/C22H25N3O3/c1-14-21(18-10-5-6-11-19(18)23-14)22(27)15(2)25(3)13-20(26)24-16-8-7-9-17(12-16)28-4/h5-12,15,23H,13H2,1-4H3,(H,24,26). The van der Waals surface area contributed by atoms with Gasteiger partial charge in [-0.05, 0) is 39.1 Å². The summed E-state index contributed by atoms with van der Waals surface area (Å²) in [4.78, 5) is 30.5. The molecule has 0 spiro atoms.